The van der Waals surface area contributed by atoms with Gasteiger partial charge in [0.15, 0.2) is 0 Å². The van der Waals surface area contributed by atoms with E-state index in [1.54, 1.807) is 0 Å². The number of benzene rings is 1. The lowest BCUT2D eigenvalue weighted by Gasteiger charge is -2.39. The molecule has 1 aliphatic rings. The van der Waals surface area contributed by atoms with Crippen LogP contribution >= 0.6 is 0 Å². The molecule has 0 spiro atoms. The van der Waals surface area contributed by atoms with Crippen molar-refractivity contribution < 1.29 is 0 Å². The van der Waals surface area contributed by atoms with E-state index in [0.29, 0.717) is 6.04 Å². The van der Waals surface area contributed by atoms with Gasteiger partial charge in [0, 0.05) is 18.3 Å². The van der Waals surface area contributed by atoms with Gasteiger partial charge in [0.25, 0.3) is 0 Å². The van der Waals surface area contributed by atoms with Crippen molar-refractivity contribution in [2.45, 2.75) is 26.4 Å². The van der Waals surface area contributed by atoms with Crippen LogP contribution in [-0.4, -0.2) is 6.04 Å². The molecule has 1 heterocycles. The molecule has 0 aliphatic carbocycles. The van der Waals surface area contributed by atoms with Crippen molar-refractivity contribution in [3.05, 3.63) is 29.8 Å². The fourth-order valence-electron chi connectivity index (χ4n) is 1.56. The van der Waals surface area contributed by atoms with Gasteiger partial charge in [0.2, 0.25) is 0 Å². The van der Waals surface area contributed by atoms with Gasteiger partial charge < -0.3 is 4.90 Å². The minimum absolute atomic E-state index is 0.643. The summed E-state index contributed by atoms with van der Waals surface area (Å²) in [6, 6.07) is 9.25. The largest absolute Gasteiger partial charge is 0.364 e. The highest BCUT2D eigenvalue weighted by molar-refractivity contribution is 5.62. The number of anilines is 1. The lowest BCUT2D eigenvalue weighted by atomic mass is 10.0. The SMILES string of the molecule is CC(C)N1Cc2ccccc21. The minimum Gasteiger partial charge on any atom is -0.364 e. The van der Waals surface area contributed by atoms with E-state index in [4.69, 9.17) is 0 Å². The van der Waals surface area contributed by atoms with Crippen LogP contribution in [0.5, 0.6) is 0 Å². The Labute approximate surface area is 67.6 Å². The zero-order valence-electron chi connectivity index (χ0n) is 7.04. The average Bonchev–Trinajstić information content (AvgIpc) is 1.90. The smallest absolute Gasteiger partial charge is 0.0452 e. The molecule has 58 valence electrons. The van der Waals surface area contributed by atoms with Crippen LogP contribution in [-0.2, 0) is 6.54 Å². The van der Waals surface area contributed by atoms with Crippen LogP contribution in [0.3, 0.4) is 0 Å². The Morgan fingerprint density at radius 2 is 2.00 bits per heavy atom. The van der Waals surface area contributed by atoms with Crippen molar-refractivity contribution in [3.63, 3.8) is 0 Å². The molecule has 0 amide bonds. The van der Waals surface area contributed by atoms with Crippen molar-refractivity contribution >= 4 is 5.69 Å². The van der Waals surface area contributed by atoms with Gasteiger partial charge in [-0.2, -0.15) is 0 Å². The van der Waals surface area contributed by atoms with Gasteiger partial charge in [-0.1, -0.05) is 18.2 Å². The van der Waals surface area contributed by atoms with E-state index in [1.165, 1.54) is 11.3 Å². The monoisotopic (exact) mass is 147 g/mol. The molecule has 1 aromatic rings. The van der Waals surface area contributed by atoms with E-state index in [2.05, 4.69) is 43.0 Å². The fraction of sp³-hybridized carbons (Fsp3) is 0.400. The molecule has 11 heavy (non-hydrogen) atoms. The van der Waals surface area contributed by atoms with Crippen LogP contribution in [0.15, 0.2) is 24.3 Å². The number of hydrogen-bond acceptors (Lipinski definition) is 1. The molecule has 0 fully saturated rings. The normalized spacial score (nSPS) is 14.6. The highest BCUT2D eigenvalue weighted by Gasteiger charge is 2.22. The van der Waals surface area contributed by atoms with E-state index >= 15 is 0 Å². The van der Waals surface area contributed by atoms with Gasteiger partial charge in [-0.05, 0) is 25.5 Å². The van der Waals surface area contributed by atoms with E-state index < -0.39 is 0 Å². The summed E-state index contributed by atoms with van der Waals surface area (Å²) in [4.78, 5) is 2.41. The maximum atomic E-state index is 2.41. The first kappa shape index (κ1) is 6.71. The van der Waals surface area contributed by atoms with Crippen LogP contribution < -0.4 is 4.90 Å². The molecule has 0 radical (unpaired) electrons. The Kier molecular flexibility index (Phi) is 1.38. The van der Waals surface area contributed by atoms with Crippen molar-refractivity contribution in [2.24, 2.45) is 0 Å². The lowest BCUT2D eigenvalue weighted by molar-refractivity contribution is 0.638. The summed E-state index contributed by atoms with van der Waals surface area (Å²) in [5, 5.41) is 0. The number of rotatable bonds is 1. The zero-order chi connectivity index (χ0) is 7.84. The molecule has 1 aromatic carbocycles. The van der Waals surface area contributed by atoms with Crippen LogP contribution in [0.1, 0.15) is 19.4 Å². The summed E-state index contributed by atoms with van der Waals surface area (Å²) >= 11 is 0. The fourth-order valence-corrected chi connectivity index (χ4v) is 1.56. The van der Waals surface area contributed by atoms with Gasteiger partial charge in [-0.3, -0.25) is 0 Å². The highest BCUT2D eigenvalue weighted by atomic mass is 15.2. The second-order valence-electron chi connectivity index (χ2n) is 3.35. The second kappa shape index (κ2) is 2.26. The Morgan fingerprint density at radius 1 is 1.27 bits per heavy atom. The summed E-state index contributed by atoms with van der Waals surface area (Å²) in [6.07, 6.45) is 0. The second-order valence-corrected chi connectivity index (χ2v) is 3.35. The minimum atomic E-state index is 0.643. The first-order chi connectivity index (χ1) is 5.29. The molecular weight excluding hydrogens is 134 g/mol. The summed E-state index contributed by atoms with van der Waals surface area (Å²) in [5.74, 6) is 0. The van der Waals surface area contributed by atoms with Gasteiger partial charge in [0.05, 0.1) is 0 Å². The molecule has 0 aromatic heterocycles. The molecule has 0 unspecified atom stereocenters. The third-order valence-corrected chi connectivity index (χ3v) is 2.27. The Morgan fingerprint density at radius 3 is 2.64 bits per heavy atom. The molecule has 0 N–H and O–H groups in total. The molecule has 0 atom stereocenters. The van der Waals surface area contributed by atoms with Crippen molar-refractivity contribution in [1.82, 2.24) is 0 Å². The van der Waals surface area contributed by atoms with Crippen LogP contribution in [0.4, 0.5) is 5.69 Å². The molecule has 1 aliphatic heterocycles. The van der Waals surface area contributed by atoms with E-state index in [-0.39, 0.29) is 0 Å². The average molecular weight is 147 g/mol. The number of hydrogen-bond donors (Lipinski definition) is 0. The van der Waals surface area contributed by atoms with Gasteiger partial charge in [-0.15, -0.1) is 0 Å². The van der Waals surface area contributed by atoms with Gasteiger partial charge in [0.1, 0.15) is 0 Å². The van der Waals surface area contributed by atoms with Crippen molar-refractivity contribution in [3.8, 4) is 0 Å². The van der Waals surface area contributed by atoms with Crippen molar-refractivity contribution in [2.75, 3.05) is 4.90 Å². The molecule has 0 saturated heterocycles. The third-order valence-electron chi connectivity index (χ3n) is 2.27. The quantitative estimate of drug-likeness (QED) is 0.589. The summed E-state index contributed by atoms with van der Waals surface area (Å²) in [5.41, 5.74) is 2.91. The molecule has 2 rings (SSSR count). The van der Waals surface area contributed by atoms with E-state index in [9.17, 15) is 0 Å². The first-order valence-electron chi connectivity index (χ1n) is 4.13. The molecule has 1 nitrogen and oxygen atoms in total. The number of nitrogens with zero attached hydrogens (tertiary/aromatic N) is 1. The summed E-state index contributed by atoms with van der Waals surface area (Å²) in [6.45, 7) is 5.60. The van der Waals surface area contributed by atoms with Crippen LogP contribution in [0.25, 0.3) is 0 Å². The number of para-hydroxylation sites is 1. The standard InChI is InChI=1S/C10H13N/c1-8(2)11-7-9-5-3-4-6-10(9)11/h3-6,8H,7H2,1-2H3. The Balaban J connectivity index is 2.29. The van der Waals surface area contributed by atoms with Crippen molar-refractivity contribution in [1.29, 1.82) is 0 Å². The first-order valence-corrected chi connectivity index (χ1v) is 4.13. The molecule has 1 heteroatoms. The predicted molar refractivity (Wildman–Crippen MR) is 47.8 cm³/mol. The molecule has 0 saturated carbocycles. The highest BCUT2D eigenvalue weighted by Crippen LogP contribution is 2.33. The summed E-state index contributed by atoms with van der Waals surface area (Å²) < 4.78 is 0. The maximum Gasteiger partial charge on any atom is 0.0452 e. The van der Waals surface area contributed by atoms with E-state index in [1.807, 2.05) is 0 Å². The Hall–Kier alpha value is -0.980. The third kappa shape index (κ3) is 0.917. The molecule has 0 bridgehead atoms. The van der Waals surface area contributed by atoms with Crippen LogP contribution in [0.2, 0.25) is 0 Å². The van der Waals surface area contributed by atoms with E-state index in [0.717, 1.165) is 6.54 Å². The summed E-state index contributed by atoms with van der Waals surface area (Å²) in [7, 11) is 0. The predicted octanol–water partition coefficient (Wildman–Crippen LogP) is 2.42. The van der Waals surface area contributed by atoms with Crippen LogP contribution in [0, 0.1) is 0 Å². The lowest BCUT2D eigenvalue weighted by Crippen LogP contribution is -2.37. The number of fused-ring (bicyclic) bond motifs is 1. The molecular formula is C10H13N. The maximum absolute atomic E-state index is 2.41. The zero-order valence-corrected chi connectivity index (χ0v) is 7.04. The van der Waals surface area contributed by atoms with Gasteiger partial charge in [-0.25, -0.2) is 0 Å². The Bertz CT molecular complexity index is 265. The topological polar surface area (TPSA) is 3.24 Å². The van der Waals surface area contributed by atoms with Gasteiger partial charge >= 0.3 is 0 Å².